The fourth-order valence-electron chi connectivity index (χ4n) is 1.71. The second-order valence-electron chi connectivity index (χ2n) is 3.30. The molecule has 0 N–H and O–H groups in total. The lowest BCUT2D eigenvalue weighted by molar-refractivity contribution is 0.155. The zero-order chi connectivity index (χ0) is 9.97. The number of amides is 1. The van der Waals surface area contributed by atoms with Gasteiger partial charge in [0.05, 0.1) is 0 Å². The molecule has 0 radical (unpaired) electrons. The van der Waals surface area contributed by atoms with Crippen LogP contribution < -0.4 is 0 Å². The number of carbonyl (C=O) groups is 1. The largest absolute Gasteiger partial charge is 0.422 e. The van der Waals surface area contributed by atoms with Gasteiger partial charge in [-0.15, -0.1) is 0 Å². The first kappa shape index (κ1) is 9.40. The Morgan fingerprint density at radius 2 is 2.07 bits per heavy atom. The molecule has 14 heavy (non-hydrogen) atoms. The van der Waals surface area contributed by atoms with Crippen molar-refractivity contribution in [3.05, 3.63) is 35.4 Å². The van der Waals surface area contributed by atoms with E-state index in [4.69, 9.17) is 0 Å². The third-order valence-corrected chi connectivity index (χ3v) is 2.62. The van der Waals surface area contributed by atoms with E-state index in [-0.39, 0.29) is 6.09 Å². The molecule has 0 aromatic heterocycles. The minimum atomic E-state index is -0.372. The van der Waals surface area contributed by atoms with E-state index in [9.17, 15) is 4.79 Å². The summed E-state index contributed by atoms with van der Waals surface area (Å²) in [5.74, 6) is 0. The molecule has 0 unspecified atom stereocenters. The summed E-state index contributed by atoms with van der Waals surface area (Å²) < 4.78 is 4.39. The molecule has 1 aromatic carbocycles. The standard InChI is InChI=1S/C10H11NO2S/c12-10(13-14)11-6-5-8-3-1-2-4-9(8)7-11/h1-4,14H,5-7H2. The third-order valence-electron chi connectivity index (χ3n) is 2.47. The highest BCUT2D eigenvalue weighted by Crippen LogP contribution is 2.18. The van der Waals surface area contributed by atoms with Crippen LogP contribution in [0.2, 0.25) is 0 Å². The van der Waals surface area contributed by atoms with E-state index in [1.807, 2.05) is 18.2 Å². The van der Waals surface area contributed by atoms with Gasteiger partial charge in [0.15, 0.2) is 0 Å². The van der Waals surface area contributed by atoms with Crippen LogP contribution in [-0.2, 0) is 17.1 Å². The molecule has 0 fully saturated rings. The van der Waals surface area contributed by atoms with Gasteiger partial charge in [0.2, 0.25) is 0 Å². The summed E-state index contributed by atoms with van der Waals surface area (Å²) in [5, 5.41) is 0. The van der Waals surface area contributed by atoms with Gasteiger partial charge in [0, 0.05) is 26.0 Å². The lowest BCUT2D eigenvalue weighted by atomic mass is 10.0. The van der Waals surface area contributed by atoms with Gasteiger partial charge in [0.1, 0.15) is 0 Å². The maximum absolute atomic E-state index is 11.2. The van der Waals surface area contributed by atoms with Gasteiger partial charge in [-0.05, 0) is 17.5 Å². The molecule has 1 aromatic rings. The predicted molar refractivity (Wildman–Crippen MR) is 56.0 cm³/mol. The molecule has 4 heteroatoms. The molecule has 1 aliphatic heterocycles. The Hall–Kier alpha value is -1.16. The Labute approximate surface area is 88.3 Å². The SMILES string of the molecule is O=C(OS)N1CCc2ccccc2C1. The molecular formula is C10H11NO2S. The van der Waals surface area contributed by atoms with Crippen LogP contribution in [0.4, 0.5) is 4.79 Å². The summed E-state index contributed by atoms with van der Waals surface area (Å²) >= 11 is 3.50. The molecule has 0 atom stereocenters. The third kappa shape index (κ3) is 1.70. The first-order chi connectivity index (χ1) is 6.81. The Kier molecular flexibility index (Phi) is 2.63. The Bertz CT molecular complexity index is 354. The summed E-state index contributed by atoms with van der Waals surface area (Å²) in [6.45, 7) is 1.33. The molecular weight excluding hydrogens is 198 g/mol. The molecule has 0 saturated carbocycles. The van der Waals surface area contributed by atoms with Crippen molar-refractivity contribution in [1.82, 2.24) is 4.90 Å². The van der Waals surface area contributed by atoms with Gasteiger partial charge in [-0.1, -0.05) is 24.3 Å². The van der Waals surface area contributed by atoms with Crippen LogP contribution in [0.15, 0.2) is 24.3 Å². The van der Waals surface area contributed by atoms with E-state index in [0.29, 0.717) is 13.1 Å². The second kappa shape index (κ2) is 3.92. The van der Waals surface area contributed by atoms with Gasteiger partial charge in [0.25, 0.3) is 0 Å². The molecule has 1 amide bonds. The first-order valence-electron chi connectivity index (χ1n) is 4.48. The lowest BCUT2D eigenvalue weighted by Crippen LogP contribution is -2.35. The zero-order valence-corrected chi connectivity index (χ0v) is 8.54. The summed E-state index contributed by atoms with van der Waals surface area (Å²) in [7, 11) is 0. The Morgan fingerprint density at radius 1 is 1.36 bits per heavy atom. The highest BCUT2D eigenvalue weighted by Gasteiger charge is 2.20. The number of fused-ring (bicyclic) bond motifs is 1. The maximum Gasteiger partial charge on any atom is 0.422 e. The van der Waals surface area contributed by atoms with Crippen LogP contribution in [0.25, 0.3) is 0 Å². The fraction of sp³-hybridized carbons (Fsp3) is 0.300. The van der Waals surface area contributed by atoms with E-state index in [1.54, 1.807) is 4.90 Å². The first-order valence-corrected chi connectivity index (χ1v) is 4.85. The normalized spacial score (nSPS) is 14.8. The maximum atomic E-state index is 11.2. The fourth-order valence-corrected chi connectivity index (χ4v) is 1.82. The summed E-state index contributed by atoms with van der Waals surface area (Å²) in [4.78, 5) is 12.9. The zero-order valence-electron chi connectivity index (χ0n) is 7.64. The van der Waals surface area contributed by atoms with Crippen molar-refractivity contribution < 1.29 is 8.98 Å². The van der Waals surface area contributed by atoms with E-state index in [0.717, 1.165) is 6.42 Å². The smallest absolute Gasteiger partial charge is 0.378 e. The van der Waals surface area contributed by atoms with Gasteiger partial charge >= 0.3 is 6.09 Å². The number of rotatable bonds is 0. The molecule has 0 aliphatic carbocycles. The van der Waals surface area contributed by atoms with Crippen molar-refractivity contribution in [1.29, 1.82) is 0 Å². The molecule has 0 saturated heterocycles. The number of carbonyl (C=O) groups excluding carboxylic acids is 1. The summed E-state index contributed by atoms with van der Waals surface area (Å²) in [5.41, 5.74) is 2.51. The lowest BCUT2D eigenvalue weighted by Gasteiger charge is -2.26. The van der Waals surface area contributed by atoms with Crippen molar-refractivity contribution in [2.45, 2.75) is 13.0 Å². The molecule has 1 aliphatic rings. The quantitative estimate of drug-likeness (QED) is 0.523. The predicted octanol–water partition coefficient (Wildman–Crippen LogP) is 2.03. The van der Waals surface area contributed by atoms with Crippen molar-refractivity contribution >= 4 is 19.0 Å². The van der Waals surface area contributed by atoms with Crippen molar-refractivity contribution in [2.75, 3.05) is 6.54 Å². The molecule has 2 rings (SSSR count). The number of nitrogens with zero attached hydrogens (tertiary/aromatic N) is 1. The highest BCUT2D eigenvalue weighted by molar-refractivity contribution is 7.75. The molecule has 0 bridgehead atoms. The van der Waals surface area contributed by atoms with Crippen molar-refractivity contribution in [2.24, 2.45) is 0 Å². The summed E-state index contributed by atoms with van der Waals surface area (Å²) in [6, 6.07) is 8.13. The minimum absolute atomic E-state index is 0.372. The van der Waals surface area contributed by atoms with Crippen molar-refractivity contribution in [3.63, 3.8) is 0 Å². The van der Waals surface area contributed by atoms with Gasteiger partial charge in [-0.3, -0.25) is 0 Å². The van der Waals surface area contributed by atoms with Crippen LogP contribution in [0.5, 0.6) is 0 Å². The topological polar surface area (TPSA) is 29.5 Å². The Morgan fingerprint density at radius 3 is 2.79 bits per heavy atom. The number of hydrogen-bond acceptors (Lipinski definition) is 3. The Balaban J connectivity index is 2.17. The molecule has 0 spiro atoms. The van der Waals surface area contributed by atoms with Gasteiger partial charge in [-0.2, -0.15) is 0 Å². The van der Waals surface area contributed by atoms with E-state index >= 15 is 0 Å². The van der Waals surface area contributed by atoms with Crippen LogP contribution in [0, 0.1) is 0 Å². The highest BCUT2D eigenvalue weighted by atomic mass is 32.1. The van der Waals surface area contributed by atoms with Crippen LogP contribution >= 0.6 is 12.9 Å². The summed E-state index contributed by atoms with van der Waals surface area (Å²) in [6.07, 6.45) is 0.516. The van der Waals surface area contributed by atoms with Crippen LogP contribution in [0.1, 0.15) is 11.1 Å². The average Bonchev–Trinajstić information content (AvgIpc) is 2.27. The number of hydrogen-bond donors (Lipinski definition) is 1. The number of benzene rings is 1. The van der Waals surface area contributed by atoms with Crippen molar-refractivity contribution in [3.8, 4) is 0 Å². The van der Waals surface area contributed by atoms with Crippen LogP contribution in [0.3, 0.4) is 0 Å². The van der Waals surface area contributed by atoms with E-state index < -0.39 is 0 Å². The monoisotopic (exact) mass is 209 g/mol. The minimum Gasteiger partial charge on any atom is -0.378 e. The molecule has 1 heterocycles. The molecule has 74 valence electrons. The van der Waals surface area contributed by atoms with E-state index in [1.165, 1.54) is 11.1 Å². The van der Waals surface area contributed by atoms with E-state index in [2.05, 4.69) is 23.2 Å². The average molecular weight is 209 g/mol. The van der Waals surface area contributed by atoms with Gasteiger partial charge < -0.3 is 9.08 Å². The molecule has 3 nitrogen and oxygen atoms in total. The second-order valence-corrected chi connectivity index (χ2v) is 3.48. The van der Waals surface area contributed by atoms with Crippen LogP contribution in [-0.4, -0.2) is 17.5 Å². The number of thiol groups is 1. The van der Waals surface area contributed by atoms with Gasteiger partial charge in [-0.25, -0.2) is 4.79 Å².